The molecule has 45 heavy (non-hydrogen) atoms. The molecule has 2 N–H and O–H groups in total. The van der Waals surface area contributed by atoms with E-state index in [4.69, 9.17) is 15.2 Å². The third kappa shape index (κ3) is 6.76. The maximum atomic E-state index is 14.5. The molecule has 0 aliphatic heterocycles. The minimum Gasteiger partial charge on any atom is -0.457 e. The Morgan fingerprint density at radius 3 is 1.33 bits per heavy atom. The van der Waals surface area contributed by atoms with Crippen LogP contribution in [0.25, 0.3) is 0 Å². The van der Waals surface area contributed by atoms with Crippen molar-refractivity contribution in [2.24, 2.45) is 0 Å². The fourth-order valence-electron chi connectivity index (χ4n) is 4.62. The Balaban J connectivity index is 1.71. The molecule has 3 nitrogen and oxygen atoms in total. The number of nitrogens with two attached hydrogens (primary N) is 1. The molecule has 0 heterocycles. The molecule has 0 aromatic heterocycles. The molecule has 4 aromatic rings. The van der Waals surface area contributed by atoms with Crippen LogP contribution >= 0.6 is 0 Å². The summed E-state index contributed by atoms with van der Waals surface area (Å²) in [4.78, 5) is 0. The van der Waals surface area contributed by atoms with E-state index in [1.807, 2.05) is 0 Å². The first-order valence-electron chi connectivity index (χ1n) is 12.5. The fraction of sp³-hybridized carbons (Fsp3) is 0.200. The molecule has 0 saturated heterocycles. The summed E-state index contributed by atoms with van der Waals surface area (Å²) in [5, 5.41) is 0. The van der Waals surface area contributed by atoms with Crippen LogP contribution in [0.15, 0.2) is 84.9 Å². The smallest absolute Gasteiger partial charge is 0.418 e. The summed E-state index contributed by atoms with van der Waals surface area (Å²) >= 11 is 0. The Morgan fingerprint density at radius 1 is 0.467 bits per heavy atom. The molecule has 0 amide bonds. The van der Waals surface area contributed by atoms with Crippen molar-refractivity contribution in [1.82, 2.24) is 0 Å². The minimum atomic E-state index is -5.98. The number of alkyl halides is 12. The van der Waals surface area contributed by atoms with E-state index in [2.05, 4.69) is 0 Å². The first kappa shape index (κ1) is 33.3. The lowest BCUT2D eigenvalue weighted by Crippen LogP contribution is -2.54. The number of benzene rings is 4. The van der Waals surface area contributed by atoms with Crippen LogP contribution in [0.2, 0.25) is 0 Å². The van der Waals surface area contributed by atoms with Crippen molar-refractivity contribution in [2.45, 2.75) is 37.0 Å². The van der Waals surface area contributed by atoms with Gasteiger partial charge in [0, 0.05) is 5.69 Å². The maximum Gasteiger partial charge on any atom is 0.418 e. The molecule has 0 aliphatic carbocycles. The molecule has 0 atom stereocenters. The normalized spacial score (nSPS) is 13.1. The van der Waals surface area contributed by atoms with Crippen LogP contribution in [0, 0.1) is 6.92 Å². The van der Waals surface area contributed by atoms with Gasteiger partial charge in [-0.25, -0.2) is 0 Å². The van der Waals surface area contributed by atoms with E-state index < -0.39 is 63.8 Å². The van der Waals surface area contributed by atoms with Crippen molar-refractivity contribution < 1.29 is 62.2 Å². The van der Waals surface area contributed by atoms with Crippen molar-refractivity contribution in [3.63, 3.8) is 0 Å². The highest BCUT2D eigenvalue weighted by molar-refractivity contribution is 5.53. The Kier molecular flexibility index (Phi) is 8.46. The van der Waals surface area contributed by atoms with Gasteiger partial charge in [-0.15, -0.1) is 0 Å². The van der Waals surface area contributed by atoms with Crippen molar-refractivity contribution in [1.29, 1.82) is 0 Å². The van der Waals surface area contributed by atoms with Gasteiger partial charge in [-0.05, 0) is 84.3 Å². The molecule has 0 saturated carbocycles. The summed E-state index contributed by atoms with van der Waals surface area (Å²) in [6, 6.07) is 9.87. The van der Waals surface area contributed by atoms with Gasteiger partial charge in [-0.2, -0.15) is 52.7 Å². The number of hydrogen-bond donors (Lipinski definition) is 1. The van der Waals surface area contributed by atoms with Gasteiger partial charge >= 0.3 is 24.7 Å². The number of nitrogen functional groups attached to an aromatic ring is 1. The van der Waals surface area contributed by atoms with Crippen LogP contribution in [0.4, 0.5) is 58.4 Å². The van der Waals surface area contributed by atoms with Crippen molar-refractivity contribution in [3.05, 3.63) is 113 Å². The van der Waals surface area contributed by atoms with Crippen LogP contribution < -0.4 is 15.2 Å². The standard InChI is InChI=1S/C30H19F12NO2/c1-16-12-19(27(31,32)33)14-23(13-16)45-21-8-4-18(5-9-21)26(29(37,38)39,30(40,41)42)17-2-6-20(7-3-17)44-22-10-11-25(43)24(15-22)28(34,35)36/h2-15H,43H2,1H3. The van der Waals surface area contributed by atoms with E-state index in [0.29, 0.717) is 36.4 Å². The number of aryl methyl sites for hydroxylation is 1. The highest BCUT2D eigenvalue weighted by Gasteiger charge is 2.72. The Hall–Kier alpha value is -4.56. The summed E-state index contributed by atoms with van der Waals surface area (Å²) in [6.07, 6.45) is -21.6. The summed E-state index contributed by atoms with van der Waals surface area (Å²) in [5.74, 6) is -1.52. The zero-order valence-electron chi connectivity index (χ0n) is 22.5. The topological polar surface area (TPSA) is 44.5 Å². The van der Waals surface area contributed by atoms with E-state index in [9.17, 15) is 52.7 Å². The van der Waals surface area contributed by atoms with Crippen molar-refractivity contribution in [2.75, 3.05) is 5.73 Å². The number of rotatable bonds is 6. The Labute approximate surface area is 246 Å². The van der Waals surface area contributed by atoms with Gasteiger partial charge in [0.05, 0.1) is 11.1 Å². The lowest BCUT2D eigenvalue weighted by molar-refractivity contribution is -0.288. The van der Waals surface area contributed by atoms with Crippen molar-refractivity contribution >= 4 is 5.69 Å². The first-order valence-corrected chi connectivity index (χ1v) is 12.5. The summed E-state index contributed by atoms with van der Waals surface area (Å²) in [6.45, 7) is 1.33. The molecular weight excluding hydrogens is 634 g/mol. The molecule has 4 aromatic carbocycles. The summed E-state index contributed by atoms with van der Waals surface area (Å²) in [5.41, 5.74) is -4.73. The minimum absolute atomic E-state index is 0.134. The van der Waals surface area contributed by atoms with Crippen LogP contribution in [0.3, 0.4) is 0 Å². The van der Waals surface area contributed by atoms with Gasteiger partial charge in [-0.3, -0.25) is 0 Å². The van der Waals surface area contributed by atoms with Crippen LogP contribution in [0.1, 0.15) is 27.8 Å². The number of anilines is 1. The zero-order chi connectivity index (χ0) is 33.6. The fourth-order valence-corrected chi connectivity index (χ4v) is 4.62. The predicted octanol–water partition coefficient (Wildman–Crippen LogP) is 10.6. The highest BCUT2D eigenvalue weighted by Crippen LogP contribution is 2.56. The molecule has 240 valence electrons. The van der Waals surface area contributed by atoms with E-state index in [0.717, 1.165) is 42.5 Å². The average Bonchev–Trinajstić information content (AvgIpc) is 2.89. The van der Waals surface area contributed by atoms with Crippen LogP contribution in [-0.4, -0.2) is 12.4 Å². The molecule has 0 fully saturated rings. The second-order valence-electron chi connectivity index (χ2n) is 9.78. The molecular formula is C30H19F12NO2. The van der Waals surface area contributed by atoms with Gasteiger partial charge in [0.2, 0.25) is 5.41 Å². The number of ether oxygens (including phenoxy) is 2. The second-order valence-corrected chi connectivity index (χ2v) is 9.78. The van der Waals surface area contributed by atoms with Crippen LogP contribution in [0.5, 0.6) is 23.0 Å². The van der Waals surface area contributed by atoms with Gasteiger partial charge < -0.3 is 15.2 Å². The Bertz CT molecular complexity index is 1640. The van der Waals surface area contributed by atoms with Crippen LogP contribution in [-0.2, 0) is 17.8 Å². The molecule has 0 spiro atoms. The van der Waals surface area contributed by atoms with Gasteiger partial charge in [0.15, 0.2) is 0 Å². The molecule has 0 aliphatic rings. The third-order valence-corrected chi connectivity index (χ3v) is 6.60. The quantitative estimate of drug-likeness (QED) is 0.166. The van der Waals surface area contributed by atoms with E-state index >= 15 is 0 Å². The summed E-state index contributed by atoms with van der Waals surface area (Å²) in [7, 11) is 0. The first-order chi connectivity index (χ1) is 20.6. The second kappa shape index (κ2) is 11.4. The average molecular weight is 653 g/mol. The molecule has 0 radical (unpaired) electrons. The molecule has 15 heteroatoms. The zero-order valence-corrected chi connectivity index (χ0v) is 22.5. The van der Waals surface area contributed by atoms with Crippen molar-refractivity contribution in [3.8, 4) is 23.0 Å². The largest absolute Gasteiger partial charge is 0.457 e. The lowest BCUT2D eigenvalue weighted by Gasteiger charge is -2.38. The highest BCUT2D eigenvalue weighted by atomic mass is 19.4. The Morgan fingerprint density at radius 2 is 0.911 bits per heavy atom. The summed E-state index contributed by atoms with van der Waals surface area (Å²) < 4.78 is 177. The molecule has 0 unspecified atom stereocenters. The third-order valence-electron chi connectivity index (χ3n) is 6.60. The van der Waals surface area contributed by atoms with E-state index in [1.165, 1.54) is 13.0 Å². The van der Waals surface area contributed by atoms with Gasteiger partial charge in [-0.1, -0.05) is 24.3 Å². The number of hydrogen-bond acceptors (Lipinski definition) is 3. The molecule has 0 bridgehead atoms. The monoisotopic (exact) mass is 653 g/mol. The molecule has 4 rings (SSSR count). The van der Waals surface area contributed by atoms with Gasteiger partial charge in [0.25, 0.3) is 0 Å². The number of halogens is 12. The lowest BCUT2D eigenvalue weighted by atomic mass is 9.73. The predicted molar refractivity (Wildman–Crippen MR) is 138 cm³/mol. The SMILES string of the molecule is Cc1cc(Oc2ccc(C(c3ccc(Oc4ccc(N)c(C(F)(F)F)c4)cc3)(C(F)(F)F)C(F)(F)F)cc2)cc(C(F)(F)F)c1. The van der Waals surface area contributed by atoms with Gasteiger partial charge in [0.1, 0.15) is 23.0 Å². The van der Waals surface area contributed by atoms with E-state index in [1.54, 1.807) is 0 Å². The maximum absolute atomic E-state index is 14.5. The van der Waals surface area contributed by atoms with E-state index in [-0.39, 0.29) is 22.8 Å².